The van der Waals surface area contributed by atoms with Crippen LogP contribution in [-0.4, -0.2) is 30.6 Å². The highest BCUT2D eigenvalue weighted by Gasteiger charge is 2.09. The summed E-state index contributed by atoms with van der Waals surface area (Å²) in [7, 11) is 1.56. The highest BCUT2D eigenvalue weighted by molar-refractivity contribution is 5.92. The third-order valence-corrected chi connectivity index (χ3v) is 1.81. The van der Waals surface area contributed by atoms with E-state index < -0.39 is 0 Å². The highest BCUT2D eigenvalue weighted by Crippen LogP contribution is 1.92. The summed E-state index contributed by atoms with van der Waals surface area (Å²) >= 11 is 0. The number of aromatic nitrogens is 1. The third kappa shape index (κ3) is 3.55. The normalized spacial score (nSPS) is 12.1. The van der Waals surface area contributed by atoms with E-state index in [1.807, 2.05) is 6.92 Å². The summed E-state index contributed by atoms with van der Waals surface area (Å²) in [5.74, 6) is -0.308. The Kier molecular flexibility index (Phi) is 4.05. The van der Waals surface area contributed by atoms with Crippen LogP contribution < -0.4 is 10.9 Å². The van der Waals surface area contributed by atoms with Crippen LogP contribution in [0, 0.1) is 0 Å². The van der Waals surface area contributed by atoms with Crippen LogP contribution in [0.2, 0.25) is 0 Å². The summed E-state index contributed by atoms with van der Waals surface area (Å²) in [6.07, 6.45) is 0. The van der Waals surface area contributed by atoms with Gasteiger partial charge < -0.3 is 15.0 Å². The van der Waals surface area contributed by atoms with Gasteiger partial charge in [0, 0.05) is 19.2 Å². The van der Waals surface area contributed by atoms with Gasteiger partial charge in [-0.2, -0.15) is 0 Å². The fourth-order valence-electron chi connectivity index (χ4n) is 1.17. The predicted molar refractivity (Wildman–Crippen MR) is 55.9 cm³/mol. The molecule has 0 fully saturated rings. The zero-order valence-electron chi connectivity index (χ0n) is 8.74. The van der Waals surface area contributed by atoms with Crippen molar-refractivity contribution in [2.45, 2.75) is 13.0 Å². The first kappa shape index (κ1) is 11.5. The molecule has 1 aromatic heterocycles. The van der Waals surface area contributed by atoms with Gasteiger partial charge in [-0.1, -0.05) is 6.07 Å². The zero-order valence-corrected chi connectivity index (χ0v) is 8.74. The minimum atomic E-state index is -0.308. The molecule has 2 N–H and O–H groups in total. The van der Waals surface area contributed by atoms with E-state index >= 15 is 0 Å². The van der Waals surface area contributed by atoms with Gasteiger partial charge >= 0.3 is 0 Å². The van der Waals surface area contributed by atoms with E-state index in [0.717, 1.165) is 0 Å². The van der Waals surface area contributed by atoms with E-state index in [-0.39, 0.29) is 23.2 Å². The van der Waals surface area contributed by atoms with E-state index in [4.69, 9.17) is 4.74 Å². The van der Waals surface area contributed by atoms with Crippen molar-refractivity contribution in [1.29, 1.82) is 0 Å². The van der Waals surface area contributed by atoms with E-state index in [0.29, 0.717) is 6.61 Å². The van der Waals surface area contributed by atoms with Gasteiger partial charge in [-0.25, -0.2) is 0 Å². The number of ether oxygens (including phenoxy) is 1. The Bertz CT molecular complexity index is 386. The number of carbonyl (C=O) groups excluding carboxylic acids is 1. The number of H-pyrrole nitrogens is 1. The number of rotatable bonds is 4. The van der Waals surface area contributed by atoms with Gasteiger partial charge in [0.25, 0.3) is 5.91 Å². The lowest BCUT2D eigenvalue weighted by Crippen LogP contribution is -2.36. The van der Waals surface area contributed by atoms with Crippen molar-refractivity contribution >= 4 is 5.91 Å². The minimum Gasteiger partial charge on any atom is -0.383 e. The van der Waals surface area contributed by atoms with Gasteiger partial charge in [0.1, 0.15) is 5.69 Å². The average molecular weight is 210 g/mol. The Morgan fingerprint density at radius 2 is 2.33 bits per heavy atom. The molecule has 0 aliphatic rings. The quantitative estimate of drug-likeness (QED) is 0.742. The Labute approximate surface area is 87.5 Å². The Hall–Kier alpha value is -1.62. The predicted octanol–water partition coefficient (Wildman–Crippen LogP) is 0.140. The fourth-order valence-corrected chi connectivity index (χ4v) is 1.17. The number of carbonyl (C=O) groups is 1. The van der Waals surface area contributed by atoms with Crippen molar-refractivity contribution in [3.63, 3.8) is 0 Å². The summed E-state index contributed by atoms with van der Waals surface area (Å²) in [5, 5.41) is 2.69. The monoisotopic (exact) mass is 210 g/mol. The number of hydrogen-bond acceptors (Lipinski definition) is 3. The van der Waals surface area contributed by atoms with Crippen molar-refractivity contribution in [3.8, 4) is 0 Å². The lowest BCUT2D eigenvalue weighted by molar-refractivity contribution is 0.0900. The van der Waals surface area contributed by atoms with Crippen LogP contribution in [0.4, 0.5) is 0 Å². The van der Waals surface area contributed by atoms with Gasteiger partial charge in [-0.3, -0.25) is 9.59 Å². The first-order valence-corrected chi connectivity index (χ1v) is 4.62. The number of hydrogen-bond donors (Lipinski definition) is 2. The van der Waals surface area contributed by atoms with Crippen LogP contribution in [0.5, 0.6) is 0 Å². The molecule has 15 heavy (non-hydrogen) atoms. The molecule has 0 aliphatic carbocycles. The maximum Gasteiger partial charge on any atom is 0.268 e. The number of methoxy groups -OCH3 is 1. The largest absolute Gasteiger partial charge is 0.383 e. The van der Waals surface area contributed by atoms with Crippen molar-refractivity contribution < 1.29 is 9.53 Å². The van der Waals surface area contributed by atoms with Crippen molar-refractivity contribution in [1.82, 2.24) is 10.3 Å². The number of pyridine rings is 1. The molecule has 1 amide bonds. The average Bonchev–Trinajstić information content (AvgIpc) is 2.18. The van der Waals surface area contributed by atoms with E-state index in [9.17, 15) is 9.59 Å². The van der Waals surface area contributed by atoms with Crippen LogP contribution >= 0.6 is 0 Å². The summed E-state index contributed by atoms with van der Waals surface area (Å²) in [4.78, 5) is 24.9. The molecule has 0 aromatic carbocycles. The molecule has 1 unspecified atom stereocenters. The molecular weight excluding hydrogens is 196 g/mol. The SMILES string of the molecule is COCC(C)NC(=O)c1cccc(=O)[nH]1. The molecular formula is C10H14N2O3. The summed E-state index contributed by atoms with van der Waals surface area (Å²) in [6.45, 7) is 2.26. The molecule has 5 heteroatoms. The molecule has 0 saturated carbocycles. The topological polar surface area (TPSA) is 71.2 Å². The molecule has 1 rings (SSSR count). The van der Waals surface area contributed by atoms with Crippen molar-refractivity contribution in [2.24, 2.45) is 0 Å². The number of nitrogens with one attached hydrogen (secondary N) is 2. The van der Waals surface area contributed by atoms with Crippen LogP contribution in [-0.2, 0) is 4.74 Å². The Morgan fingerprint density at radius 1 is 1.60 bits per heavy atom. The first-order chi connectivity index (χ1) is 7.13. The standard InChI is InChI=1S/C10H14N2O3/c1-7(6-15-2)11-10(14)8-4-3-5-9(13)12-8/h3-5,7H,6H2,1-2H3,(H,11,14)(H,12,13). The second-order valence-corrected chi connectivity index (χ2v) is 3.26. The van der Waals surface area contributed by atoms with Gasteiger partial charge in [0.2, 0.25) is 5.56 Å². The van der Waals surface area contributed by atoms with Gasteiger partial charge in [0.05, 0.1) is 6.61 Å². The highest BCUT2D eigenvalue weighted by atomic mass is 16.5. The lowest BCUT2D eigenvalue weighted by Gasteiger charge is -2.12. The molecule has 82 valence electrons. The lowest BCUT2D eigenvalue weighted by atomic mass is 10.3. The molecule has 0 aliphatic heterocycles. The molecule has 5 nitrogen and oxygen atoms in total. The molecule has 1 aromatic rings. The van der Waals surface area contributed by atoms with Crippen LogP contribution in [0.25, 0.3) is 0 Å². The number of aromatic amines is 1. The Balaban J connectivity index is 2.65. The summed E-state index contributed by atoms with van der Waals surface area (Å²) < 4.78 is 4.88. The first-order valence-electron chi connectivity index (χ1n) is 4.62. The summed E-state index contributed by atoms with van der Waals surface area (Å²) in [6, 6.07) is 4.35. The smallest absolute Gasteiger partial charge is 0.268 e. The van der Waals surface area contributed by atoms with Gasteiger partial charge in [-0.05, 0) is 13.0 Å². The van der Waals surface area contributed by atoms with Crippen molar-refractivity contribution in [2.75, 3.05) is 13.7 Å². The second-order valence-electron chi connectivity index (χ2n) is 3.26. The fraction of sp³-hybridized carbons (Fsp3) is 0.400. The van der Waals surface area contributed by atoms with E-state index in [2.05, 4.69) is 10.3 Å². The van der Waals surface area contributed by atoms with Crippen LogP contribution in [0.15, 0.2) is 23.0 Å². The Morgan fingerprint density at radius 3 is 2.93 bits per heavy atom. The molecule has 0 bridgehead atoms. The molecule has 1 heterocycles. The van der Waals surface area contributed by atoms with Crippen LogP contribution in [0.3, 0.4) is 0 Å². The van der Waals surface area contributed by atoms with Gasteiger partial charge in [0.15, 0.2) is 0 Å². The number of amides is 1. The molecule has 0 radical (unpaired) electrons. The third-order valence-electron chi connectivity index (χ3n) is 1.81. The maximum atomic E-state index is 11.5. The van der Waals surface area contributed by atoms with E-state index in [1.165, 1.54) is 12.1 Å². The minimum absolute atomic E-state index is 0.0915. The zero-order chi connectivity index (χ0) is 11.3. The molecule has 1 atom stereocenters. The second kappa shape index (κ2) is 5.31. The molecule has 0 saturated heterocycles. The maximum absolute atomic E-state index is 11.5. The van der Waals surface area contributed by atoms with E-state index in [1.54, 1.807) is 13.2 Å². The molecule has 0 spiro atoms. The van der Waals surface area contributed by atoms with Crippen LogP contribution in [0.1, 0.15) is 17.4 Å². The van der Waals surface area contributed by atoms with Gasteiger partial charge in [-0.15, -0.1) is 0 Å². The van der Waals surface area contributed by atoms with Crippen molar-refractivity contribution in [3.05, 3.63) is 34.2 Å². The summed E-state index contributed by atoms with van der Waals surface area (Å²) in [5.41, 5.74) is -0.0347.